The lowest BCUT2D eigenvalue weighted by Crippen LogP contribution is -2.40. The van der Waals surface area contributed by atoms with Crippen molar-refractivity contribution in [2.75, 3.05) is 5.32 Å². The van der Waals surface area contributed by atoms with Gasteiger partial charge in [-0.1, -0.05) is 11.3 Å². The largest absolute Gasteiger partial charge is 0.359 e. The van der Waals surface area contributed by atoms with Crippen molar-refractivity contribution in [1.82, 2.24) is 29.1 Å². The highest BCUT2D eigenvalue weighted by atomic mass is 32.1. The van der Waals surface area contributed by atoms with Gasteiger partial charge in [-0.3, -0.25) is 9.13 Å². The summed E-state index contributed by atoms with van der Waals surface area (Å²) < 4.78 is 4.39. The molecule has 0 aromatic carbocycles. The summed E-state index contributed by atoms with van der Waals surface area (Å²) in [5.74, 6) is 0. The first-order chi connectivity index (χ1) is 12.2. The number of fused-ring (bicyclic) bond motifs is 2. The van der Waals surface area contributed by atoms with Crippen LogP contribution in [0.4, 0.5) is 5.13 Å². The summed E-state index contributed by atoms with van der Waals surface area (Å²) >= 11 is 1.60. The number of anilines is 1. The molecule has 5 rings (SSSR count). The molecule has 0 radical (unpaired) electrons. The third kappa shape index (κ3) is 2.23. The molecule has 0 spiro atoms. The number of rotatable bonds is 3. The van der Waals surface area contributed by atoms with Crippen molar-refractivity contribution in [3.8, 4) is 0 Å². The van der Waals surface area contributed by atoms with Gasteiger partial charge in [0.1, 0.15) is 0 Å². The number of pyridine rings is 1. The Hall–Kier alpha value is -2.81. The van der Waals surface area contributed by atoms with Gasteiger partial charge in [0.15, 0.2) is 22.1 Å². The summed E-state index contributed by atoms with van der Waals surface area (Å²) in [6.45, 7) is 0. The number of hydrogen-bond acceptors (Lipinski definition) is 7. The van der Waals surface area contributed by atoms with Gasteiger partial charge in [0.2, 0.25) is 0 Å². The summed E-state index contributed by atoms with van der Waals surface area (Å²) in [4.78, 5) is 29.9. The van der Waals surface area contributed by atoms with E-state index in [1.54, 1.807) is 46.1 Å². The molecule has 4 aromatic rings. The quantitative estimate of drug-likeness (QED) is 0.605. The molecule has 0 saturated heterocycles. The molecule has 1 fully saturated rings. The number of aryl methyl sites for hydroxylation is 1. The first-order valence-electron chi connectivity index (χ1n) is 8.07. The van der Waals surface area contributed by atoms with E-state index in [0.717, 1.165) is 28.3 Å². The number of imidazole rings is 1. The van der Waals surface area contributed by atoms with Crippen LogP contribution in [0.3, 0.4) is 0 Å². The van der Waals surface area contributed by atoms with Crippen LogP contribution in [0, 0.1) is 0 Å². The molecule has 0 aliphatic heterocycles. The second-order valence-electron chi connectivity index (χ2n) is 6.23. The Balaban J connectivity index is 1.37. The fourth-order valence-electron chi connectivity index (χ4n) is 3.32. The molecule has 25 heavy (non-hydrogen) atoms. The number of hydrogen-bond donors (Lipinski definition) is 1. The predicted molar refractivity (Wildman–Crippen MR) is 95.9 cm³/mol. The number of thiazole rings is 1. The molecule has 4 heterocycles. The Labute approximate surface area is 146 Å². The minimum atomic E-state index is -0.0613. The zero-order valence-electron chi connectivity index (χ0n) is 13.5. The highest BCUT2D eigenvalue weighted by Gasteiger charge is 2.34. The second-order valence-corrected chi connectivity index (χ2v) is 7.26. The average Bonchev–Trinajstić information content (AvgIpc) is 3.11. The summed E-state index contributed by atoms with van der Waals surface area (Å²) in [5, 5.41) is 4.33. The van der Waals surface area contributed by atoms with E-state index in [1.165, 1.54) is 0 Å². The van der Waals surface area contributed by atoms with Crippen LogP contribution in [-0.2, 0) is 7.05 Å². The van der Waals surface area contributed by atoms with Gasteiger partial charge in [0.25, 0.3) is 0 Å². The minimum absolute atomic E-state index is 0.0613. The highest BCUT2D eigenvalue weighted by molar-refractivity contribution is 7.22. The summed E-state index contributed by atoms with van der Waals surface area (Å²) in [5.41, 5.74) is 1.99. The van der Waals surface area contributed by atoms with Crippen molar-refractivity contribution in [1.29, 1.82) is 0 Å². The van der Waals surface area contributed by atoms with Crippen LogP contribution < -0.4 is 11.0 Å². The average molecular weight is 353 g/mol. The molecule has 0 atom stereocenters. The smallest absolute Gasteiger partial charge is 0.331 e. The molecule has 0 unspecified atom stereocenters. The molecule has 8 nitrogen and oxygen atoms in total. The monoisotopic (exact) mass is 353 g/mol. The standard InChI is InChI=1S/C16H15N7OS/c1-22-13-14(19-6-5-18-13)23(16(22)24)10-7-9(8-10)20-15-21-12-11(25-15)3-2-4-17-12/h2-6,9-10H,7-8H2,1H3,(H,17,20,21). The zero-order chi connectivity index (χ0) is 17.0. The molecule has 1 N–H and O–H groups in total. The van der Waals surface area contributed by atoms with Crippen molar-refractivity contribution in [2.45, 2.75) is 24.9 Å². The van der Waals surface area contributed by atoms with E-state index in [2.05, 4.69) is 25.3 Å². The summed E-state index contributed by atoms with van der Waals surface area (Å²) in [6, 6.07) is 4.36. The van der Waals surface area contributed by atoms with Crippen LogP contribution in [0.5, 0.6) is 0 Å². The van der Waals surface area contributed by atoms with E-state index in [0.29, 0.717) is 17.3 Å². The van der Waals surface area contributed by atoms with Gasteiger partial charge < -0.3 is 5.32 Å². The van der Waals surface area contributed by atoms with Crippen molar-refractivity contribution in [2.24, 2.45) is 7.05 Å². The van der Waals surface area contributed by atoms with Gasteiger partial charge in [-0.25, -0.2) is 24.7 Å². The fourth-order valence-corrected chi connectivity index (χ4v) is 4.23. The molecule has 4 aromatic heterocycles. The molecule has 1 aliphatic carbocycles. The van der Waals surface area contributed by atoms with Crippen molar-refractivity contribution < 1.29 is 0 Å². The Morgan fingerprint density at radius 1 is 1.16 bits per heavy atom. The minimum Gasteiger partial charge on any atom is -0.359 e. The zero-order valence-corrected chi connectivity index (χ0v) is 14.3. The van der Waals surface area contributed by atoms with Gasteiger partial charge in [-0.15, -0.1) is 0 Å². The molecular weight excluding hydrogens is 338 g/mol. The molecule has 1 saturated carbocycles. The molecule has 126 valence electrons. The van der Waals surface area contributed by atoms with Crippen molar-refractivity contribution in [3.05, 3.63) is 41.2 Å². The maximum absolute atomic E-state index is 12.5. The summed E-state index contributed by atoms with van der Waals surface area (Å²) in [7, 11) is 1.73. The van der Waals surface area contributed by atoms with Crippen LogP contribution in [0.2, 0.25) is 0 Å². The van der Waals surface area contributed by atoms with Crippen molar-refractivity contribution >= 4 is 38.1 Å². The van der Waals surface area contributed by atoms with Gasteiger partial charge in [-0.2, -0.15) is 0 Å². The molecular formula is C16H15N7OS. The van der Waals surface area contributed by atoms with E-state index in [1.807, 2.05) is 12.1 Å². The van der Waals surface area contributed by atoms with Crippen LogP contribution in [0.25, 0.3) is 21.6 Å². The van der Waals surface area contributed by atoms with E-state index < -0.39 is 0 Å². The molecule has 1 aliphatic rings. The van der Waals surface area contributed by atoms with E-state index in [-0.39, 0.29) is 11.7 Å². The first kappa shape index (κ1) is 14.5. The van der Waals surface area contributed by atoms with E-state index in [4.69, 9.17) is 0 Å². The number of nitrogens with zero attached hydrogens (tertiary/aromatic N) is 6. The third-order valence-corrected chi connectivity index (χ3v) is 5.61. The second kappa shape index (κ2) is 5.35. The fraction of sp³-hybridized carbons (Fsp3) is 0.312. The van der Waals surface area contributed by atoms with Gasteiger partial charge in [0.05, 0.1) is 4.70 Å². The number of nitrogens with one attached hydrogen (secondary N) is 1. The van der Waals surface area contributed by atoms with E-state index >= 15 is 0 Å². The first-order valence-corrected chi connectivity index (χ1v) is 8.88. The van der Waals surface area contributed by atoms with Gasteiger partial charge in [-0.05, 0) is 25.0 Å². The molecule has 0 bridgehead atoms. The lowest BCUT2D eigenvalue weighted by molar-refractivity contribution is 0.280. The highest BCUT2D eigenvalue weighted by Crippen LogP contribution is 2.36. The maximum atomic E-state index is 12.5. The Morgan fingerprint density at radius 2 is 1.96 bits per heavy atom. The van der Waals surface area contributed by atoms with Crippen LogP contribution in [0.1, 0.15) is 18.9 Å². The molecule has 0 amide bonds. The van der Waals surface area contributed by atoms with Crippen LogP contribution in [0.15, 0.2) is 35.5 Å². The lowest BCUT2D eigenvalue weighted by Gasteiger charge is -2.36. The predicted octanol–water partition coefficient (Wildman–Crippen LogP) is 1.95. The van der Waals surface area contributed by atoms with Gasteiger partial charge >= 0.3 is 5.69 Å². The Kier molecular flexibility index (Phi) is 3.11. The van der Waals surface area contributed by atoms with Crippen LogP contribution in [-0.4, -0.2) is 35.1 Å². The Morgan fingerprint density at radius 3 is 2.76 bits per heavy atom. The topological polar surface area (TPSA) is 90.5 Å². The van der Waals surface area contributed by atoms with Crippen LogP contribution >= 0.6 is 11.3 Å². The SMILES string of the molecule is Cn1c(=O)n(C2CC(Nc3nc4ncccc4s3)C2)c2nccnc21. The van der Waals surface area contributed by atoms with E-state index in [9.17, 15) is 4.79 Å². The molecule has 9 heteroatoms. The Bertz CT molecular complexity index is 1110. The van der Waals surface area contributed by atoms with Crippen molar-refractivity contribution in [3.63, 3.8) is 0 Å². The normalized spacial score (nSPS) is 20.0. The van der Waals surface area contributed by atoms with Gasteiger partial charge in [0, 0.05) is 37.7 Å². The summed E-state index contributed by atoms with van der Waals surface area (Å²) in [6.07, 6.45) is 6.70. The third-order valence-electron chi connectivity index (χ3n) is 4.67. The maximum Gasteiger partial charge on any atom is 0.331 e. The number of aromatic nitrogens is 6. The lowest BCUT2D eigenvalue weighted by atomic mass is 9.86.